The predicted molar refractivity (Wildman–Crippen MR) is 78.4 cm³/mol. The van der Waals surface area contributed by atoms with Gasteiger partial charge in [-0.2, -0.15) is 0 Å². The molecule has 0 bridgehead atoms. The van der Waals surface area contributed by atoms with Gasteiger partial charge in [0.1, 0.15) is 0 Å². The number of benzene rings is 1. The Morgan fingerprint density at radius 1 is 1.45 bits per heavy atom. The number of nitrogens with one attached hydrogen (secondary N) is 2. The molecule has 1 aliphatic heterocycles. The largest absolute Gasteiger partial charge is 0.352 e. The lowest BCUT2D eigenvalue weighted by atomic mass is 10.2. The van der Waals surface area contributed by atoms with E-state index in [0.717, 1.165) is 5.56 Å². The molecule has 2 N–H and O–H groups in total. The highest BCUT2D eigenvalue weighted by molar-refractivity contribution is 7.91. The molecule has 20 heavy (non-hydrogen) atoms. The number of carbonyl (C=O) groups is 1. The molecule has 0 spiro atoms. The summed E-state index contributed by atoms with van der Waals surface area (Å²) in [5.74, 6) is 0.00478. The molecule has 1 amide bonds. The Morgan fingerprint density at radius 2 is 2.25 bits per heavy atom. The van der Waals surface area contributed by atoms with E-state index in [1.807, 2.05) is 12.1 Å². The van der Waals surface area contributed by atoms with Crippen LogP contribution in [0.3, 0.4) is 0 Å². The molecule has 1 fully saturated rings. The van der Waals surface area contributed by atoms with Crippen molar-refractivity contribution in [2.24, 2.45) is 0 Å². The topological polar surface area (TPSA) is 75.3 Å². The number of amides is 1. The molecule has 110 valence electrons. The molecule has 1 heterocycles. The van der Waals surface area contributed by atoms with Crippen LogP contribution in [0.2, 0.25) is 5.02 Å². The summed E-state index contributed by atoms with van der Waals surface area (Å²) in [7, 11) is -3.01. The summed E-state index contributed by atoms with van der Waals surface area (Å²) >= 11 is 5.86. The molecular formula is C13H17ClN2O3S. The Morgan fingerprint density at radius 3 is 2.95 bits per heavy atom. The van der Waals surface area contributed by atoms with Gasteiger partial charge in [-0.1, -0.05) is 23.7 Å². The maximum absolute atomic E-state index is 11.8. The molecule has 1 aliphatic rings. The van der Waals surface area contributed by atoms with Crippen LogP contribution in [-0.2, 0) is 21.2 Å². The Kier molecular flexibility index (Phi) is 5.01. The third-order valence-electron chi connectivity index (χ3n) is 3.11. The van der Waals surface area contributed by atoms with Gasteiger partial charge in [-0.15, -0.1) is 0 Å². The van der Waals surface area contributed by atoms with E-state index in [1.54, 1.807) is 12.1 Å². The van der Waals surface area contributed by atoms with Gasteiger partial charge in [-0.25, -0.2) is 8.42 Å². The molecule has 5 nitrogen and oxygen atoms in total. The standard InChI is InChI=1S/C13H17ClN2O3S/c14-11-3-1-2-10(6-11)8-16-13(17)7-12-9-20(18,19)5-4-15-12/h1-3,6,12,15H,4-5,7-9H2,(H,16,17). The molecule has 1 aromatic rings. The van der Waals surface area contributed by atoms with Crippen molar-refractivity contribution >= 4 is 27.3 Å². The summed E-state index contributed by atoms with van der Waals surface area (Å²) in [6, 6.07) is 6.94. The second kappa shape index (κ2) is 6.56. The van der Waals surface area contributed by atoms with Crippen molar-refractivity contribution in [1.82, 2.24) is 10.6 Å². The number of halogens is 1. The van der Waals surface area contributed by atoms with Crippen molar-refractivity contribution in [3.63, 3.8) is 0 Å². The van der Waals surface area contributed by atoms with Crippen molar-refractivity contribution < 1.29 is 13.2 Å². The summed E-state index contributed by atoms with van der Waals surface area (Å²) in [5.41, 5.74) is 0.912. The van der Waals surface area contributed by atoms with Gasteiger partial charge in [0.15, 0.2) is 9.84 Å². The molecule has 0 saturated carbocycles. The average molecular weight is 317 g/mol. The minimum absolute atomic E-state index is 0.0254. The maximum Gasteiger partial charge on any atom is 0.221 e. The van der Waals surface area contributed by atoms with E-state index in [2.05, 4.69) is 10.6 Å². The molecule has 0 aliphatic carbocycles. The molecular weight excluding hydrogens is 300 g/mol. The van der Waals surface area contributed by atoms with Crippen LogP contribution in [0, 0.1) is 0 Å². The average Bonchev–Trinajstić information content (AvgIpc) is 2.35. The lowest BCUT2D eigenvalue weighted by Crippen LogP contribution is -2.47. The second-order valence-electron chi connectivity index (χ2n) is 4.88. The fourth-order valence-electron chi connectivity index (χ4n) is 2.14. The van der Waals surface area contributed by atoms with Crippen molar-refractivity contribution in [2.45, 2.75) is 19.0 Å². The van der Waals surface area contributed by atoms with E-state index in [0.29, 0.717) is 18.1 Å². The van der Waals surface area contributed by atoms with E-state index >= 15 is 0 Å². The van der Waals surface area contributed by atoms with Gasteiger partial charge in [0, 0.05) is 30.6 Å². The van der Waals surface area contributed by atoms with E-state index in [9.17, 15) is 13.2 Å². The van der Waals surface area contributed by atoms with Crippen LogP contribution < -0.4 is 10.6 Å². The smallest absolute Gasteiger partial charge is 0.221 e. The van der Waals surface area contributed by atoms with Crippen LogP contribution in [0.5, 0.6) is 0 Å². The molecule has 7 heteroatoms. The van der Waals surface area contributed by atoms with Crippen molar-refractivity contribution in [1.29, 1.82) is 0 Å². The van der Waals surface area contributed by atoms with Gasteiger partial charge in [-0.3, -0.25) is 4.79 Å². The van der Waals surface area contributed by atoms with Crippen LogP contribution in [0.15, 0.2) is 24.3 Å². The summed E-state index contributed by atoms with van der Waals surface area (Å²) < 4.78 is 22.9. The van der Waals surface area contributed by atoms with Gasteiger partial charge in [0.25, 0.3) is 0 Å². The first-order valence-corrected chi connectivity index (χ1v) is 8.59. The van der Waals surface area contributed by atoms with Crippen LogP contribution >= 0.6 is 11.6 Å². The third kappa shape index (κ3) is 4.77. The van der Waals surface area contributed by atoms with Crippen LogP contribution in [0.25, 0.3) is 0 Å². The lowest BCUT2D eigenvalue weighted by molar-refractivity contribution is -0.121. The number of sulfone groups is 1. The normalized spacial score (nSPS) is 21.4. The molecule has 0 radical (unpaired) electrons. The fraction of sp³-hybridized carbons (Fsp3) is 0.462. The van der Waals surface area contributed by atoms with Gasteiger partial charge in [0.05, 0.1) is 11.5 Å². The van der Waals surface area contributed by atoms with E-state index in [1.165, 1.54) is 0 Å². The van der Waals surface area contributed by atoms with Crippen molar-refractivity contribution in [2.75, 3.05) is 18.1 Å². The Balaban J connectivity index is 1.81. The Bertz CT molecular complexity index is 589. The highest BCUT2D eigenvalue weighted by Gasteiger charge is 2.25. The summed E-state index contributed by atoms with van der Waals surface area (Å²) in [4.78, 5) is 11.8. The monoisotopic (exact) mass is 316 g/mol. The molecule has 1 saturated heterocycles. The number of hydrogen-bond donors (Lipinski definition) is 2. The first kappa shape index (κ1) is 15.3. The van der Waals surface area contributed by atoms with E-state index in [-0.39, 0.29) is 29.9 Å². The quantitative estimate of drug-likeness (QED) is 0.859. The van der Waals surface area contributed by atoms with Crippen LogP contribution in [-0.4, -0.2) is 38.4 Å². The van der Waals surface area contributed by atoms with Gasteiger partial charge >= 0.3 is 0 Å². The number of hydrogen-bond acceptors (Lipinski definition) is 4. The Hall–Kier alpha value is -1.11. The first-order chi connectivity index (χ1) is 9.44. The minimum Gasteiger partial charge on any atom is -0.352 e. The number of rotatable bonds is 4. The van der Waals surface area contributed by atoms with E-state index in [4.69, 9.17) is 11.6 Å². The Labute approximate surface area is 123 Å². The van der Waals surface area contributed by atoms with Crippen LogP contribution in [0.1, 0.15) is 12.0 Å². The van der Waals surface area contributed by atoms with Gasteiger partial charge < -0.3 is 10.6 Å². The summed E-state index contributed by atoms with van der Waals surface area (Å²) in [5, 5.41) is 6.44. The summed E-state index contributed by atoms with van der Waals surface area (Å²) in [6.45, 7) is 0.799. The molecule has 1 unspecified atom stereocenters. The number of carbonyl (C=O) groups excluding carboxylic acids is 1. The third-order valence-corrected chi connectivity index (χ3v) is 5.08. The van der Waals surface area contributed by atoms with Crippen molar-refractivity contribution in [3.8, 4) is 0 Å². The maximum atomic E-state index is 11.8. The molecule has 2 rings (SSSR count). The molecule has 0 aromatic heterocycles. The van der Waals surface area contributed by atoms with E-state index < -0.39 is 9.84 Å². The summed E-state index contributed by atoms with van der Waals surface area (Å²) in [6.07, 6.45) is 0.166. The van der Waals surface area contributed by atoms with Gasteiger partial charge in [0.2, 0.25) is 5.91 Å². The second-order valence-corrected chi connectivity index (χ2v) is 7.54. The molecule has 1 aromatic carbocycles. The minimum atomic E-state index is -3.01. The zero-order valence-corrected chi connectivity index (χ0v) is 12.5. The lowest BCUT2D eigenvalue weighted by Gasteiger charge is -2.23. The van der Waals surface area contributed by atoms with Crippen molar-refractivity contribution in [3.05, 3.63) is 34.9 Å². The fourth-order valence-corrected chi connectivity index (χ4v) is 3.80. The zero-order valence-electron chi connectivity index (χ0n) is 10.9. The molecule has 1 atom stereocenters. The highest BCUT2D eigenvalue weighted by atomic mass is 35.5. The first-order valence-electron chi connectivity index (χ1n) is 6.39. The zero-order chi connectivity index (χ0) is 14.6. The highest BCUT2D eigenvalue weighted by Crippen LogP contribution is 2.10. The predicted octanol–water partition coefficient (Wildman–Crippen LogP) is 0.733. The van der Waals surface area contributed by atoms with Crippen LogP contribution in [0.4, 0.5) is 0 Å². The SMILES string of the molecule is O=C(CC1CS(=O)(=O)CCN1)NCc1cccc(Cl)c1. The van der Waals surface area contributed by atoms with Gasteiger partial charge in [-0.05, 0) is 17.7 Å².